The van der Waals surface area contributed by atoms with Crippen molar-refractivity contribution in [1.29, 1.82) is 0 Å². The second-order valence-corrected chi connectivity index (χ2v) is 8.08. The highest BCUT2D eigenvalue weighted by molar-refractivity contribution is 7.94. The average Bonchev–Trinajstić information content (AvgIpc) is 2.99. The van der Waals surface area contributed by atoms with Crippen LogP contribution >= 0.6 is 11.3 Å². The second kappa shape index (κ2) is 5.74. The predicted molar refractivity (Wildman–Crippen MR) is 88.1 cm³/mol. The highest BCUT2D eigenvalue weighted by Crippen LogP contribution is 2.26. The van der Waals surface area contributed by atoms with E-state index in [4.69, 9.17) is 0 Å². The van der Waals surface area contributed by atoms with Gasteiger partial charge >= 0.3 is 0 Å². The normalized spacial score (nSPS) is 18.9. The summed E-state index contributed by atoms with van der Waals surface area (Å²) >= 11 is 1.27. The molecule has 1 atom stereocenters. The zero-order chi connectivity index (χ0) is 16.6. The van der Waals surface area contributed by atoms with Crippen LogP contribution in [0.3, 0.4) is 0 Å². The Labute approximate surface area is 136 Å². The maximum atomic E-state index is 12.2. The third-order valence-corrected chi connectivity index (χ3v) is 5.51. The van der Waals surface area contributed by atoms with Gasteiger partial charge in [0.2, 0.25) is 5.91 Å². The van der Waals surface area contributed by atoms with E-state index in [0.29, 0.717) is 16.2 Å². The summed E-state index contributed by atoms with van der Waals surface area (Å²) in [6.45, 7) is 1.40. The molecular weight excluding hydrogens is 338 g/mol. The van der Waals surface area contributed by atoms with Crippen LogP contribution in [-0.2, 0) is 14.6 Å². The van der Waals surface area contributed by atoms with Crippen molar-refractivity contribution in [2.45, 2.75) is 13.0 Å². The quantitative estimate of drug-likeness (QED) is 0.867. The highest BCUT2D eigenvalue weighted by Gasteiger charge is 2.23. The Morgan fingerprint density at radius 3 is 2.78 bits per heavy atom. The minimum Gasteiger partial charge on any atom is -0.345 e. The minimum atomic E-state index is -3.21. The fourth-order valence-electron chi connectivity index (χ4n) is 2.19. The Balaban J connectivity index is 1.78. The van der Waals surface area contributed by atoms with Crippen molar-refractivity contribution in [3.05, 3.63) is 35.2 Å². The van der Waals surface area contributed by atoms with Gasteiger partial charge in [-0.25, -0.2) is 13.4 Å². The summed E-state index contributed by atoms with van der Waals surface area (Å²) in [5, 5.41) is 6.85. The Kier molecular flexibility index (Phi) is 3.90. The van der Waals surface area contributed by atoms with Crippen LogP contribution in [0.1, 0.15) is 17.3 Å². The number of nitrogens with one attached hydrogen (secondary N) is 2. The van der Waals surface area contributed by atoms with Crippen LogP contribution in [0.4, 0.5) is 5.13 Å². The van der Waals surface area contributed by atoms with Gasteiger partial charge in [-0.3, -0.25) is 9.59 Å². The molecule has 0 radical (unpaired) electrons. The Hall–Kier alpha value is -2.26. The van der Waals surface area contributed by atoms with Crippen molar-refractivity contribution < 1.29 is 18.0 Å². The van der Waals surface area contributed by atoms with E-state index >= 15 is 0 Å². The number of thiazole rings is 1. The molecule has 1 aliphatic heterocycles. The lowest BCUT2D eigenvalue weighted by Gasteiger charge is -2.09. The number of benzene rings is 1. The summed E-state index contributed by atoms with van der Waals surface area (Å²) in [4.78, 5) is 27.5. The van der Waals surface area contributed by atoms with Gasteiger partial charge < -0.3 is 10.6 Å². The van der Waals surface area contributed by atoms with Crippen LogP contribution in [0.5, 0.6) is 0 Å². The number of rotatable bonds is 3. The number of hydrogen-bond donors (Lipinski definition) is 2. The summed E-state index contributed by atoms with van der Waals surface area (Å²) < 4.78 is 23.5. The topological polar surface area (TPSA) is 105 Å². The van der Waals surface area contributed by atoms with Gasteiger partial charge in [0.1, 0.15) is 0 Å². The molecule has 2 aromatic rings. The molecule has 2 amide bonds. The number of sulfone groups is 1. The van der Waals surface area contributed by atoms with Gasteiger partial charge in [0.05, 0.1) is 22.0 Å². The SMILES string of the molecule is CC(=O)Nc1nc2ccc(C(=O)N[C@@H]3C=CS(=O)(=O)C3)cc2s1. The first-order valence-corrected chi connectivity index (χ1v) is 9.25. The van der Waals surface area contributed by atoms with Gasteiger partial charge in [0.25, 0.3) is 5.91 Å². The van der Waals surface area contributed by atoms with Gasteiger partial charge in [0, 0.05) is 17.9 Å². The van der Waals surface area contributed by atoms with Crippen molar-refractivity contribution in [2.24, 2.45) is 0 Å². The lowest BCUT2D eigenvalue weighted by Crippen LogP contribution is -2.35. The smallest absolute Gasteiger partial charge is 0.251 e. The van der Waals surface area contributed by atoms with E-state index in [1.54, 1.807) is 18.2 Å². The summed E-state index contributed by atoms with van der Waals surface area (Å²) in [6, 6.07) is 4.45. The van der Waals surface area contributed by atoms with Crippen LogP contribution in [0.25, 0.3) is 10.2 Å². The van der Waals surface area contributed by atoms with E-state index in [2.05, 4.69) is 15.6 Å². The van der Waals surface area contributed by atoms with Crippen LogP contribution in [-0.4, -0.2) is 37.0 Å². The van der Waals surface area contributed by atoms with Crippen molar-refractivity contribution in [1.82, 2.24) is 10.3 Å². The zero-order valence-electron chi connectivity index (χ0n) is 12.1. The van der Waals surface area contributed by atoms with Gasteiger partial charge in [-0.15, -0.1) is 0 Å². The molecular formula is C14H13N3O4S2. The van der Waals surface area contributed by atoms with E-state index in [9.17, 15) is 18.0 Å². The highest BCUT2D eigenvalue weighted by atomic mass is 32.2. The average molecular weight is 351 g/mol. The van der Waals surface area contributed by atoms with Crippen LogP contribution < -0.4 is 10.6 Å². The Bertz CT molecular complexity index is 931. The molecule has 2 heterocycles. The molecule has 9 heteroatoms. The molecule has 0 aliphatic carbocycles. The Morgan fingerprint density at radius 1 is 1.35 bits per heavy atom. The number of carbonyl (C=O) groups is 2. The standard InChI is InChI=1S/C14H13N3O4S2/c1-8(18)15-14-17-11-3-2-9(6-12(11)22-14)13(19)16-10-4-5-23(20,21)7-10/h2-6,10H,7H2,1H3,(H,16,19)(H,15,17,18)/t10-/m1/s1. The fourth-order valence-corrected chi connectivity index (χ4v) is 4.37. The summed E-state index contributed by atoms with van der Waals surface area (Å²) in [7, 11) is -3.21. The van der Waals surface area contributed by atoms with E-state index < -0.39 is 15.9 Å². The lowest BCUT2D eigenvalue weighted by molar-refractivity contribution is -0.114. The van der Waals surface area contributed by atoms with Gasteiger partial charge in [-0.05, 0) is 24.3 Å². The van der Waals surface area contributed by atoms with Gasteiger partial charge in [0.15, 0.2) is 15.0 Å². The van der Waals surface area contributed by atoms with E-state index in [0.717, 1.165) is 10.1 Å². The van der Waals surface area contributed by atoms with E-state index in [-0.39, 0.29) is 17.6 Å². The molecule has 7 nitrogen and oxygen atoms in total. The van der Waals surface area contributed by atoms with Crippen LogP contribution in [0.2, 0.25) is 0 Å². The van der Waals surface area contributed by atoms with Gasteiger partial charge in [-0.1, -0.05) is 11.3 Å². The van der Waals surface area contributed by atoms with Crippen molar-refractivity contribution >= 4 is 48.3 Å². The number of carbonyl (C=O) groups excluding carboxylic acids is 2. The summed E-state index contributed by atoms with van der Waals surface area (Å²) in [5.41, 5.74) is 1.09. The third kappa shape index (κ3) is 3.57. The van der Waals surface area contributed by atoms with Crippen molar-refractivity contribution in [3.8, 4) is 0 Å². The molecule has 2 N–H and O–H groups in total. The van der Waals surface area contributed by atoms with E-state index in [1.165, 1.54) is 24.3 Å². The molecule has 23 heavy (non-hydrogen) atoms. The molecule has 0 bridgehead atoms. The monoisotopic (exact) mass is 351 g/mol. The molecule has 1 aromatic heterocycles. The predicted octanol–water partition coefficient (Wildman–Crippen LogP) is 1.30. The molecule has 0 unspecified atom stereocenters. The summed E-state index contributed by atoms with van der Waals surface area (Å²) in [5.74, 6) is -0.682. The molecule has 1 aliphatic rings. The number of aromatic nitrogens is 1. The Morgan fingerprint density at radius 2 is 2.13 bits per heavy atom. The molecule has 3 rings (SSSR count). The van der Waals surface area contributed by atoms with Gasteiger partial charge in [-0.2, -0.15) is 0 Å². The zero-order valence-corrected chi connectivity index (χ0v) is 13.7. The molecule has 0 saturated carbocycles. The molecule has 0 fully saturated rings. The van der Waals surface area contributed by atoms with Crippen LogP contribution in [0, 0.1) is 0 Å². The molecule has 0 saturated heterocycles. The number of hydrogen-bond acceptors (Lipinski definition) is 6. The maximum absolute atomic E-state index is 12.2. The number of fused-ring (bicyclic) bond motifs is 1. The third-order valence-electron chi connectivity index (χ3n) is 3.18. The minimum absolute atomic E-state index is 0.117. The molecule has 1 aromatic carbocycles. The molecule has 0 spiro atoms. The molecule has 120 valence electrons. The van der Waals surface area contributed by atoms with Crippen molar-refractivity contribution in [2.75, 3.05) is 11.1 Å². The summed E-state index contributed by atoms with van der Waals surface area (Å²) in [6.07, 6.45) is 1.47. The van der Waals surface area contributed by atoms with E-state index in [1.807, 2.05) is 0 Å². The first-order valence-electron chi connectivity index (χ1n) is 6.72. The number of anilines is 1. The van der Waals surface area contributed by atoms with Crippen LogP contribution in [0.15, 0.2) is 29.7 Å². The number of nitrogens with zero attached hydrogens (tertiary/aromatic N) is 1. The maximum Gasteiger partial charge on any atom is 0.251 e. The largest absolute Gasteiger partial charge is 0.345 e. The fraction of sp³-hybridized carbons (Fsp3) is 0.214. The number of amides is 2. The van der Waals surface area contributed by atoms with Crippen molar-refractivity contribution in [3.63, 3.8) is 0 Å². The lowest BCUT2D eigenvalue weighted by atomic mass is 10.2. The first-order chi connectivity index (χ1) is 10.8. The second-order valence-electron chi connectivity index (χ2n) is 5.12. The first kappa shape index (κ1) is 15.6.